The first-order valence-electron chi connectivity index (χ1n) is 11.4. The van der Waals surface area contributed by atoms with E-state index in [9.17, 15) is 4.79 Å². The van der Waals surface area contributed by atoms with Crippen LogP contribution in [0.5, 0.6) is 0 Å². The molecule has 1 atom stereocenters. The molecule has 0 saturated carbocycles. The maximum absolute atomic E-state index is 13.3. The molecule has 0 aliphatic carbocycles. The summed E-state index contributed by atoms with van der Waals surface area (Å²) in [6.07, 6.45) is 0. The van der Waals surface area contributed by atoms with E-state index >= 15 is 0 Å². The Kier molecular flexibility index (Phi) is 6.14. The minimum absolute atomic E-state index is 0.197. The number of amides is 2. The predicted molar refractivity (Wildman–Crippen MR) is 137 cm³/mol. The van der Waals surface area contributed by atoms with Crippen LogP contribution in [-0.2, 0) is 6.54 Å². The van der Waals surface area contributed by atoms with Gasteiger partial charge in [0.1, 0.15) is 0 Å². The molecule has 176 valence electrons. The molecular weight excluding hydrogens is 460 g/mol. The van der Waals surface area contributed by atoms with Gasteiger partial charge in [-0.2, -0.15) is 4.98 Å². The molecule has 6 nitrogen and oxygen atoms in total. The van der Waals surface area contributed by atoms with Crippen LogP contribution in [0.15, 0.2) is 83.0 Å². The molecular formula is C28H25ClN4O2. The van der Waals surface area contributed by atoms with E-state index in [1.165, 1.54) is 5.56 Å². The Morgan fingerprint density at radius 3 is 2.51 bits per heavy atom. The number of carbonyl (C=O) groups excluding carboxylic acids is 1. The second-order valence-corrected chi connectivity index (χ2v) is 9.17. The third-order valence-electron chi connectivity index (χ3n) is 6.38. The lowest BCUT2D eigenvalue weighted by Gasteiger charge is -2.35. The Labute approximate surface area is 209 Å². The third kappa shape index (κ3) is 4.57. The van der Waals surface area contributed by atoms with Crippen LogP contribution in [-0.4, -0.2) is 21.1 Å². The molecule has 4 aromatic rings. The number of hydrogen-bond acceptors (Lipinski definition) is 4. The first-order valence-corrected chi connectivity index (χ1v) is 11.8. The normalized spacial score (nSPS) is 15.9. The Bertz CT molecular complexity index is 1430. The first kappa shape index (κ1) is 22.9. The van der Waals surface area contributed by atoms with Gasteiger partial charge in [0, 0.05) is 16.3 Å². The van der Waals surface area contributed by atoms with Crippen LogP contribution in [0.1, 0.15) is 41.1 Å². The minimum atomic E-state index is -0.429. The molecule has 3 aromatic carbocycles. The Morgan fingerprint density at radius 1 is 0.971 bits per heavy atom. The van der Waals surface area contributed by atoms with Crippen molar-refractivity contribution in [3.05, 3.63) is 112 Å². The van der Waals surface area contributed by atoms with E-state index in [1.54, 1.807) is 4.90 Å². The van der Waals surface area contributed by atoms with Gasteiger partial charge in [-0.05, 0) is 55.2 Å². The number of hydrogen-bond donors (Lipinski definition) is 1. The van der Waals surface area contributed by atoms with E-state index in [2.05, 4.69) is 36.5 Å². The lowest BCUT2D eigenvalue weighted by molar-refractivity contribution is 0.203. The van der Waals surface area contributed by atoms with E-state index in [-0.39, 0.29) is 6.03 Å². The summed E-state index contributed by atoms with van der Waals surface area (Å²) in [6.45, 7) is 6.41. The zero-order chi connectivity index (χ0) is 24.5. The second-order valence-electron chi connectivity index (χ2n) is 8.73. The number of aryl methyl sites for hydroxylation is 2. The Balaban J connectivity index is 1.61. The molecule has 0 spiro atoms. The standard InChI is InChI=1S/C28H25ClN4O2/c1-17-12-13-22(14-18(17)2)25-24(27-31-26(32-35-27)21-9-5-4-6-10-21)19(3)33(28(34)30-25)16-20-8-7-11-23(29)15-20/h4-15,25H,16H2,1-3H3,(H,30,34). The van der Waals surface area contributed by atoms with E-state index in [4.69, 9.17) is 21.1 Å². The highest BCUT2D eigenvalue weighted by molar-refractivity contribution is 6.30. The fourth-order valence-electron chi connectivity index (χ4n) is 4.30. The fraction of sp³-hybridized carbons (Fsp3) is 0.179. The van der Waals surface area contributed by atoms with Gasteiger partial charge in [-0.15, -0.1) is 0 Å². The molecule has 2 heterocycles. The number of halogens is 1. The molecule has 0 bridgehead atoms. The highest BCUT2D eigenvalue weighted by Crippen LogP contribution is 2.38. The van der Waals surface area contributed by atoms with Crippen LogP contribution < -0.4 is 5.32 Å². The summed E-state index contributed by atoms with van der Waals surface area (Å²) in [5.41, 5.74) is 6.59. The Morgan fingerprint density at radius 2 is 1.77 bits per heavy atom. The van der Waals surface area contributed by atoms with Gasteiger partial charge in [0.15, 0.2) is 0 Å². The molecule has 1 aromatic heterocycles. The zero-order valence-corrected chi connectivity index (χ0v) is 20.5. The number of nitrogens with zero attached hydrogens (tertiary/aromatic N) is 3. The van der Waals surface area contributed by atoms with Crippen molar-refractivity contribution in [2.24, 2.45) is 0 Å². The van der Waals surface area contributed by atoms with E-state index in [0.717, 1.165) is 33.5 Å². The maximum Gasteiger partial charge on any atom is 0.322 e. The monoisotopic (exact) mass is 484 g/mol. The van der Waals surface area contributed by atoms with Crippen molar-refractivity contribution in [1.29, 1.82) is 0 Å². The summed E-state index contributed by atoms with van der Waals surface area (Å²) in [6, 6.07) is 22.7. The largest absolute Gasteiger partial charge is 0.334 e. The van der Waals surface area contributed by atoms with E-state index in [1.807, 2.05) is 67.6 Å². The average Bonchev–Trinajstić information content (AvgIpc) is 3.33. The SMILES string of the molecule is CC1=C(c2nc(-c3ccccc3)no2)C(c2ccc(C)c(C)c2)NC(=O)N1Cc1cccc(Cl)c1. The van der Waals surface area contributed by atoms with E-state index < -0.39 is 6.04 Å². The highest BCUT2D eigenvalue weighted by atomic mass is 35.5. The first-order chi connectivity index (χ1) is 16.9. The molecule has 2 amide bonds. The zero-order valence-electron chi connectivity index (χ0n) is 19.7. The minimum Gasteiger partial charge on any atom is -0.334 e. The molecule has 0 radical (unpaired) electrons. The van der Waals surface area contributed by atoms with Crippen molar-refractivity contribution >= 4 is 23.2 Å². The van der Waals surface area contributed by atoms with Crippen molar-refractivity contribution in [2.45, 2.75) is 33.4 Å². The summed E-state index contributed by atoms with van der Waals surface area (Å²) in [4.78, 5) is 19.7. The molecule has 35 heavy (non-hydrogen) atoms. The van der Waals surface area contributed by atoms with Gasteiger partial charge < -0.3 is 9.84 Å². The van der Waals surface area contributed by atoms with Crippen molar-refractivity contribution in [3.63, 3.8) is 0 Å². The number of allylic oxidation sites excluding steroid dienone is 1. The molecule has 1 aliphatic heterocycles. The van der Waals surface area contributed by atoms with Crippen LogP contribution in [0, 0.1) is 13.8 Å². The lowest BCUT2D eigenvalue weighted by atomic mass is 9.92. The summed E-state index contributed by atoms with van der Waals surface area (Å²) >= 11 is 6.19. The quantitative estimate of drug-likeness (QED) is 0.342. The lowest BCUT2D eigenvalue weighted by Crippen LogP contribution is -2.45. The maximum atomic E-state index is 13.3. The van der Waals surface area contributed by atoms with Crippen LogP contribution in [0.4, 0.5) is 4.79 Å². The third-order valence-corrected chi connectivity index (χ3v) is 6.61. The number of benzene rings is 3. The fourth-order valence-corrected chi connectivity index (χ4v) is 4.51. The van der Waals surface area contributed by atoms with Crippen LogP contribution >= 0.6 is 11.6 Å². The summed E-state index contributed by atoms with van der Waals surface area (Å²) in [5, 5.41) is 8.01. The van der Waals surface area contributed by atoms with Gasteiger partial charge in [0.05, 0.1) is 18.2 Å². The highest BCUT2D eigenvalue weighted by Gasteiger charge is 2.36. The number of aromatic nitrogens is 2. The van der Waals surface area contributed by atoms with Crippen molar-refractivity contribution < 1.29 is 9.32 Å². The number of nitrogens with one attached hydrogen (secondary N) is 1. The second kappa shape index (κ2) is 9.39. The summed E-state index contributed by atoms with van der Waals surface area (Å²) in [5.74, 6) is 0.874. The van der Waals surface area contributed by atoms with Crippen LogP contribution in [0.3, 0.4) is 0 Å². The molecule has 0 fully saturated rings. The smallest absolute Gasteiger partial charge is 0.322 e. The summed E-state index contributed by atoms with van der Waals surface area (Å²) < 4.78 is 5.77. The molecule has 7 heteroatoms. The van der Waals surface area contributed by atoms with Crippen LogP contribution in [0.2, 0.25) is 5.02 Å². The molecule has 1 aliphatic rings. The topological polar surface area (TPSA) is 71.3 Å². The predicted octanol–water partition coefficient (Wildman–Crippen LogP) is 6.70. The van der Waals surface area contributed by atoms with Gasteiger partial charge in [0.2, 0.25) is 5.82 Å². The number of rotatable bonds is 5. The van der Waals surface area contributed by atoms with Crippen molar-refractivity contribution in [3.8, 4) is 11.4 Å². The van der Waals surface area contributed by atoms with Crippen molar-refractivity contribution in [1.82, 2.24) is 20.4 Å². The molecule has 5 rings (SSSR count). The van der Waals surface area contributed by atoms with E-state index in [0.29, 0.717) is 23.3 Å². The molecule has 0 saturated heterocycles. The molecule has 1 unspecified atom stereocenters. The van der Waals surface area contributed by atoms with Crippen molar-refractivity contribution in [2.75, 3.05) is 0 Å². The van der Waals surface area contributed by atoms with Gasteiger partial charge >= 0.3 is 6.03 Å². The average molecular weight is 485 g/mol. The molecule has 1 N–H and O–H groups in total. The summed E-state index contributed by atoms with van der Waals surface area (Å²) in [7, 11) is 0. The number of carbonyl (C=O) groups is 1. The van der Waals surface area contributed by atoms with Gasteiger partial charge in [-0.3, -0.25) is 4.90 Å². The Hall–Kier alpha value is -3.90. The van der Waals surface area contributed by atoms with Crippen LogP contribution in [0.25, 0.3) is 17.0 Å². The number of urea groups is 1. The van der Waals surface area contributed by atoms with Gasteiger partial charge in [0.25, 0.3) is 5.89 Å². The van der Waals surface area contributed by atoms with Gasteiger partial charge in [-0.25, -0.2) is 4.79 Å². The van der Waals surface area contributed by atoms with Gasteiger partial charge in [-0.1, -0.05) is 77.4 Å².